The number of benzene rings is 1. The van der Waals surface area contributed by atoms with E-state index in [2.05, 4.69) is 10.1 Å². The highest BCUT2D eigenvalue weighted by Gasteiger charge is 2.17. The van der Waals surface area contributed by atoms with Crippen molar-refractivity contribution in [3.8, 4) is 0 Å². The van der Waals surface area contributed by atoms with Crippen LogP contribution in [0.25, 0.3) is 0 Å². The topological polar surface area (TPSA) is 55.4 Å². The predicted octanol–water partition coefficient (Wildman–Crippen LogP) is 2.95. The fraction of sp³-hybridized carbons (Fsp3) is 0.429. The fourth-order valence-electron chi connectivity index (χ4n) is 1.50. The van der Waals surface area contributed by atoms with Crippen LogP contribution >= 0.6 is 23.4 Å². The SMILES string of the molecule is COC(=O)CCNC(=O)[C@@H](C)Sc1cc(C)c(F)cc1Cl. The molecule has 0 radical (unpaired) electrons. The summed E-state index contributed by atoms with van der Waals surface area (Å²) in [5.74, 6) is -0.978. The molecule has 0 spiro atoms. The Morgan fingerprint density at radius 1 is 1.48 bits per heavy atom. The molecule has 0 fully saturated rings. The molecule has 0 aliphatic rings. The number of carbonyl (C=O) groups is 2. The van der Waals surface area contributed by atoms with Gasteiger partial charge in [-0.1, -0.05) is 11.6 Å². The molecule has 1 aromatic carbocycles. The minimum absolute atomic E-state index is 0.121. The van der Waals surface area contributed by atoms with E-state index in [1.165, 1.54) is 24.9 Å². The van der Waals surface area contributed by atoms with Crippen molar-refractivity contribution < 1.29 is 18.7 Å². The molecule has 0 aliphatic carbocycles. The number of amides is 1. The number of thioether (sulfide) groups is 1. The quantitative estimate of drug-likeness (QED) is 0.642. The fourth-order valence-corrected chi connectivity index (χ4v) is 2.77. The molecule has 0 bridgehead atoms. The van der Waals surface area contributed by atoms with Crippen molar-refractivity contribution in [1.29, 1.82) is 0 Å². The van der Waals surface area contributed by atoms with Crippen LogP contribution in [0, 0.1) is 12.7 Å². The van der Waals surface area contributed by atoms with Crippen LogP contribution in [0.3, 0.4) is 0 Å². The first-order chi connectivity index (χ1) is 9.85. The van der Waals surface area contributed by atoms with Crippen molar-refractivity contribution in [2.75, 3.05) is 13.7 Å². The predicted molar refractivity (Wildman–Crippen MR) is 81.1 cm³/mol. The third-order valence-corrected chi connectivity index (χ3v) is 4.33. The molecule has 0 unspecified atom stereocenters. The summed E-state index contributed by atoms with van der Waals surface area (Å²) in [6.07, 6.45) is 0.121. The van der Waals surface area contributed by atoms with Gasteiger partial charge in [-0.3, -0.25) is 9.59 Å². The summed E-state index contributed by atoms with van der Waals surface area (Å²) < 4.78 is 17.8. The van der Waals surface area contributed by atoms with Crippen LogP contribution in [0.4, 0.5) is 4.39 Å². The molecule has 1 aromatic rings. The number of methoxy groups -OCH3 is 1. The number of esters is 1. The van der Waals surface area contributed by atoms with Gasteiger partial charge in [0.05, 0.1) is 23.8 Å². The number of carbonyl (C=O) groups excluding carboxylic acids is 2. The number of rotatable bonds is 6. The van der Waals surface area contributed by atoms with Crippen LogP contribution in [0.5, 0.6) is 0 Å². The first-order valence-corrected chi connectivity index (χ1v) is 7.57. The van der Waals surface area contributed by atoms with Gasteiger partial charge in [-0.25, -0.2) is 4.39 Å². The normalized spacial score (nSPS) is 11.9. The van der Waals surface area contributed by atoms with Gasteiger partial charge >= 0.3 is 5.97 Å². The zero-order valence-electron chi connectivity index (χ0n) is 12.0. The lowest BCUT2D eigenvalue weighted by Crippen LogP contribution is -2.32. The van der Waals surface area contributed by atoms with E-state index in [-0.39, 0.29) is 35.7 Å². The van der Waals surface area contributed by atoms with E-state index in [1.54, 1.807) is 19.9 Å². The van der Waals surface area contributed by atoms with Gasteiger partial charge in [-0.2, -0.15) is 0 Å². The molecule has 0 saturated carbocycles. The molecule has 4 nitrogen and oxygen atoms in total. The number of hydrogen-bond donors (Lipinski definition) is 1. The number of halogens is 2. The highest BCUT2D eigenvalue weighted by molar-refractivity contribution is 8.00. The Bertz CT molecular complexity index is 539. The van der Waals surface area contributed by atoms with Crippen LogP contribution in [-0.4, -0.2) is 30.8 Å². The molecule has 1 amide bonds. The Morgan fingerprint density at radius 2 is 2.14 bits per heavy atom. The first kappa shape index (κ1) is 17.8. The van der Waals surface area contributed by atoms with E-state index in [0.717, 1.165) is 0 Å². The summed E-state index contributed by atoms with van der Waals surface area (Å²) in [7, 11) is 1.29. The molecule has 0 heterocycles. The van der Waals surface area contributed by atoms with Crippen LogP contribution in [0.15, 0.2) is 17.0 Å². The van der Waals surface area contributed by atoms with Crippen LogP contribution in [0.2, 0.25) is 5.02 Å². The minimum Gasteiger partial charge on any atom is -0.469 e. The second kappa shape index (κ2) is 8.24. The summed E-state index contributed by atoms with van der Waals surface area (Å²) >= 11 is 7.20. The summed E-state index contributed by atoms with van der Waals surface area (Å²) in [5.41, 5.74) is 0.472. The Labute approximate surface area is 132 Å². The summed E-state index contributed by atoms with van der Waals surface area (Å²) in [6.45, 7) is 3.57. The zero-order chi connectivity index (χ0) is 16.0. The number of nitrogens with one attached hydrogen (secondary N) is 1. The number of ether oxygens (including phenoxy) is 1. The van der Waals surface area contributed by atoms with Gasteiger partial charge in [0.25, 0.3) is 0 Å². The molecular formula is C14H17ClFNO3S. The second-order valence-corrected chi connectivity index (χ2v) is 6.20. The van der Waals surface area contributed by atoms with E-state index in [9.17, 15) is 14.0 Å². The van der Waals surface area contributed by atoms with Crippen molar-refractivity contribution >= 4 is 35.2 Å². The van der Waals surface area contributed by atoms with Crippen LogP contribution < -0.4 is 5.32 Å². The van der Waals surface area contributed by atoms with Crippen LogP contribution in [0.1, 0.15) is 18.9 Å². The molecule has 116 valence electrons. The molecule has 0 aromatic heterocycles. The average molecular weight is 334 g/mol. The Hall–Kier alpha value is -1.27. The summed E-state index contributed by atoms with van der Waals surface area (Å²) in [6, 6.07) is 2.85. The van der Waals surface area contributed by atoms with Crippen molar-refractivity contribution in [1.82, 2.24) is 5.32 Å². The van der Waals surface area contributed by atoms with E-state index < -0.39 is 5.25 Å². The van der Waals surface area contributed by atoms with Gasteiger partial charge in [-0.05, 0) is 31.5 Å². The molecule has 7 heteroatoms. The lowest BCUT2D eigenvalue weighted by molar-refractivity contribution is -0.140. The van der Waals surface area contributed by atoms with Crippen molar-refractivity contribution in [2.24, 2.45) is 0 Å². The van der Waals surface area contributed by atoms with Gasteiger partial charge in [-0.15, -0.1) is 11.8 Å². The van der Waals surface area contributed by atoms with Gasteiger partial charge in [0.15, 0.2) is 0 Å². The standard InChI is InChI=1S/C14H17ClFNO3S/c1-8-6-12(10(15)7-11(8)16)21-9(2)14(19)17-5-4-13(18)20-3/h6-7,9H,4-5H2,1-3H3,(H,17,19)/t9-/m1/s1. The van der Waals surface area contributed by atoms with Crippen molar-refractivity contribution in [3.63, 3.8) is 0 Å². The molecule has 1 atom stereocenters. The maximum atomic E-state index is 13.3. The Kier molecular flexibility index (Phi) is 6.98. The highest BCUT2D eigenvalue weighted by atomic mass is 35.5. The third-order valence-electron chi connectivity index (χ3n) is 2.74. The van der Waals surface area contributed by atoms with Crippen molar-refractivity contribution in [3.05, 3.63) is 28.5 Å². The van der Waals surface area contributed by atoms with E-state index in [1.807, 2.05) is 0 Å². The highest BCUT2D eigenvalue weighted by Crippen LogP contribution is 2.32. The molecule has 1 N–H and O–H groups in total. The lowest BCUT2D eigenvalue weighted by atomic mass is 10.2. The molecule has 0 aliphatic heterocycles. The molecule has 21 heavy (non-hydrogen) atoms. The van der Waals surface area contributed by atoms with E-state index in [0.29, 0.717) is 10.5 Å². The summed E-state index contributed by atoms with van der Waals surface area (Å²) in [5, 5.41) is 2.50. The smallest absolute Gasteiger partial charge is 0.307 e. The van der Waals surface area contributed by atoms with Gasteiger partial charge in [0.1, 0.15) is 5.82 Å². The number of aryl methyl sites for hydroxylation is 1. The monoisotopic (exact) mass is 333 g/mol. The maximum absolute atomic E-state index is 13.3. The maximum Gasteiger partial charge on any atom is 0.307 e. The largest absolute Gasteiger partial charge is 0.469 e. The van der Waals surface area contributed by atoms with Gasteiger partial charge < -0.3 is 10.1 Å². The van der Waals surface area contributed by atoms with Crippen LogP contribution in [-0.2, 0) is 14.3 Å². The average Bonchev–Trinajstić information content (AvgIpc) is 2.44. The Morgan fingerprint density at radius 3 is 2.76 bits per heavy atom. The van der Waals surface area contributed by atoms with Crippen molar-refractivity contribution in [2.45, 2.75) is 30.4 Å². The molecule has 0 saturated heterocycles. The minimum atomic E-state index is -0.412. The zero-order valence-corrected chi connectivity index (χ0v) is 13.6. The summed E-state index contributed by atoms with van der Waals surface area (Å²) in [4.78, 5) is 23.5. The van der Waals surface area contributed by atoms with Gasteiger partial charge in [0, 0.05) is 11.4 Å². The molecular weight excluding hydrogens is 317 g/mol. The number of hydrogen-bond acceptors (Lipinski definition) is 4. The van der Waals surface area contributed by atoms with Gasteiger partial charge in [0.2, 0.25) is 5.91 Å². The third kappa shape index (κ3) is 5.55. The van der Waals surface area contributed by atoms with E-state index in [4.69, 9.17) is 11.6 Å². The first-order valence-electron chi connectivity index (χ1n) is 6.32. The van der Waals surface area contributed by atoms with E-state index >= 15 is 0 Å². The second-order valence-electron chi connectivity index (χ2n) is 4.41. The molecule has 1 rings (SSSR count). The Balaban J connectivity index is 2.56. The lowest BCUT2D eigenvalue weighted by Gasteiger charge is -2.13.